The molecule has 0 aliphatic carbocycles. The summed E-state index contributed by atoms with van der Waals surface area (Å²) in [4.78, 5) is 24.0. The number of carbonyl (C=O) groups excluding carboxylic acids is 1. The number of nitrogens with zero attached hydrogens (tertiary/aromatic N) is 3. The van der Waals surface area contributed by atoms with Crippen molar-refractivity contribution in [2.75, 3.05) is 25.0 Å². The van der Waals surface area contributed by atoms with Crippen LogP contribution in [0.4, 0.5) is 14.5 Å². The molecule has 1 saturated heterocycles. The maximum absolute atomic E-state index is 13.8. The van der Waals surface area contributed by atoms with Gasteiger partial charge in [0.25, 0.3) is 0 Å². The van der Waals surface area contributed by atoms with Crippen molar-refractivity contribution in [3.8, 4) is 0 Å². The second-order valence-electron chi connectivity index (χ2n) is 9.19. The fraction of sp³-hybridized carbons (Fsp3) is 0.321. The summed E-state index contributed by atoms with van der Waals surface area (Å²) < 4.78 is 27.2. The molecule has 36 heavy (non-hydrogen) atoms. The summed E-state index contributed by atoms with van der Waals surface area (Å²) in [6.07, 6.45) is 4.35. The predicted molar refractivity (Wildman–Crippen MR) is 134 cm³/mol. The van der Waals surface area contributed by atoms with Gasteiger partial charge in [0.15, 0.2) is 11.6 Å². The lowest BCUT2D eigenvalue weighted by Gasteiger charge is -2.33. The third kappa shape index (κ3) is 5.14. The summed E-state index contributed by atoms with van der Waals surface area (Å²) in [5.41, 5.74) is 5.76. The molecule has 1 amide bonds. The molecule has 5 rings (SSSR count). The number of fused-ring (bicyclic) bond motifs is 1. The molecule has 0 spiro atoms. The van der Waals surface area contributed by atoms with Gasteiger partial charge in [0, 0.05) is 24.0 Å². The molecule has 0 radical (unpaired) electrons. The number of carbonyl (C=O) groups is 1. The van der Waals surface area contributed by atoms with Crippen LogP contribution in [0.25, 0.3) is 0 Å². The Bertz CT molecular complexity index is 1290. The number of piperidine rings is 1. The van der Waals surface area contributed by atoms with Crippen molar-refractivity contribution < 1.29 is 18.4 Å². The van der Waals surface area contributed by atoms with Gasteiger partial charge in [-0.1, -0.05) is 23.4 Å². The second-order valence-corrected chi connectivity index (χ2v) is 9.19. The molecule has 0 atom stereocenters. The molecule has 8 heteroatoms. The number of pyridine rings is 1. The van der Waals surface area contributed by atoms with Crippen LogP contribution >= 0.6 is 0 Å². The number of benzene rings is 2. The fourth-order valence-electron chi connectivity index (χ4n) is 4.99. The molecule has 1 fully saturated rings. The van der Waals surface area contributed by atoms with E-state index in [4.69, 9.17) is 4.84 Å². The maximum atomic E-state index is 13.8. The first-order chi connectivity index (χ1) is 17.5. The van der Waals surface area contributed by atoms with Crippen LogP contribution < -0.4 is 5.32 Å². The molecular weight excluding hydrogens is 462 g/mol. The van der Waals surface area contributed by atoms with E-state index in [9.17, 15) is 13.6 Å². The van der Waals surface area contributed by atoms with Gasteiger partial charge in [0.05, 0.1) is 12.1 Å². The predicted octanol–water partition coefficient (Wildman–Crippen LogP) is 5.02. The highest BCUT2D eigenvalue weighted by Gasteiger charge is 2.27. The first-order valence-electron chi connectivity index (χ1n) is 12.3. The van der Waals surface area contributed by atoms with Crippen LogP contribution in [0.15, 0.2) is 59.9 Å². The van der Waals surface area contributed by atoms with Crippen molar-refractivity contribution in [3.63, 3.8) is 0 Å². The summed E-state index contributed by atoms with van der Waals surface area (Å²) in [5, 5.41) is 7.04. The number of oxime groups is 1. The van der Waals surface area contributed by atoms with Crippen molar-refractivity contribution in [1.82, 2.24) is 9.88 Å². The van der Waals surface area contributed by atoms with E-state index in [1.54, 1.807) is 13.1 Å². The van der Waals surface area contributed by atoms with Crippen LogP contribution in [0.1, 0.15) is 53.6 Å². The lowest BCUT2D eigenvalue weighted by molar-refractivity contribution is -0.115. The van der Waals surface area contributed by atoms with E-state index in [-0.39, 0.29) is 5.91 Å². The number of rotatable bonds is 7. The molecule has 3 aromatic rings. The summed E-state index contributed by atoms with van der Waals surface area (Å²) in [7, 11) is 0. The lowest BCUT2D eigenvalue weighted by Crippen LogP contribution is -2.32. The largest absolute Gasteiger partial charge is 0.396 e. The van der Waals surface area contributed by atoms with E-state index in [0.29, 0.717) is 35.9 Å². The number of amides is 1. The summed E-state index contributed by atoms with van der Waals surface area (Å²) >= 11 is 0. The molecule has 0 bridgehead atoms. The number of nitrogens with one attached hydrogen (secondary N) is 1. The Kier molecular flexibility index (Phi) is 7.04. The zero-order chi connectivity index (χ0) is 25.1. The highest BCUT2D eigenvalue weighted by molar-refractivity contribution is 6.11. The molecule has 2 aliphatic rings. The van der Waals surface area contributed by atoms with Crippen molar-refractivity contribution in [2.24, 2.45) is 5.16 Å². The van der Waals surface area contributed by atoms with Crippen LogP contribution in [0, 0.1) is 11.6 Å². The Labute approximate surface area is 209 Å². The second kappa shape index (κ2) is 10.5. The summed E-state index contributed by atoms with van der Waals surface area (Å²) in [6.45, 7) is 4.84. The van der Waals surface area contributed by atoms with Gasteiger partial charge in [-0.3, -0.25) is 14.7 Å². The Morgan fingerprint density at radius 3 is 2.69 bits per heavy atom. The first-order valence-corrected chi connectivity index (χ1v) is 12.3. The molecule has 3 heterocycles. The van der Waals surface area contributed by atoms with E-state index in [2.05, 4.69) is 26.4 Å². The zero-order valence-electron chi connectivity index (χ0n) is 20.1. The number of aromatic nitrogens is 1. The van der Waals surface area contributed by atoms with Crippen molar-refractivity contribution >= 4 is 17.3 Å². The van der Waals surface area contributed by atoms with Crippen molar-refractivity contribution in [1.29, 1.82) is 0 Å². The fourth-order valence-corrected chi connectivity index (χ4v) is 4.99. The molecule has 2 aliphatic heterocycles. The Morgan fingerprint density at radius 2 is 1.97 bits per heavy atom. The van der Waals surface area contributed by atoms with Gasteiger partial charge in [-0.15, -0.1) is 0 Å². The number of hydrogen-bond donors (Lipinski definition) is 1. The Morgan fingerprint density at radius 1 is 1.14 bits per heavy atom. The van der Waals surface area contributed by atoms with E-state index >= 15 is 0 Å². The summed E-state index contributed by atoms with van der Waals surface area (Å²) in [5.74, 6) is -1.33. The van der Waals surface area contributed by atoms with Crippen molar-refractivity contribution in [3.05, 3.63) is 94.3 Å². The van der Waals surface area contributed by atoms with Gasteiger partial charge >= 0.3 is 0 Å². The van der Waals surface area contributed by atoms with Gasteiger partial charge in [-0.05, 0) is 85.8 Å². The maximum Gasteiger partial charge on any atom is 0.228 e. The quantitative estimate of drug-likeness (QED) is 0.373. The van der Waals surface area contributed by atoms with E-state index in [0.717, 1.165) is 61.4 Å². The monoisotopic (exact) mass is 490 g/mol. The third-order valence-electron chi connectivity index (χ3n) is 6.80. The molecule has 2 aromatic carbocycles. The van der Waals surface area contributed by atoms with Gasteiger partial charge in [0.2, 0.25) is 5.91 Å². The first kappa shape index (κ1) is 24.1. The highest BCUT2D eigenvalue weighted by atomic mass is 19.2. The van der Waals surface area contributed by atoms with Gasteiger partial charge in [-0.25, -0.2) is 8.78 Å². The third-order valence-corrected chi connectivity index (χ3v) is 6.80. The summed E-state index contributed by atoms with van der Waals surface area (Å²) in [6, 6.07) is 13.6. The molecular formula is C28H28F2N4O2. The topological polar surface area (TPSA) is 66.8 Å². The number of halogens is 2. The number of anilines is 1. The lowest BCUT2D eigenvalue weighted by atomic mass is 9.85. The molecule has 186 valence electrons. The standard InChI is InChI=1S/C28H28F2N4O2/c1-2-36-33-28(20-7-8-23(29)24(30)14-20)26-9-6-18(16-31-26)17-34-12-10-19(11-13-34)21-4-3-5-25-22(21)15-27(35)32-25/h3-9,14,16,19H,2,10-13,15,17H2,1H3,(H,32,35). The van der Waals surface area contributed by atoms with Crippen LogP contribution in [0.2, 0.25) is 0 Å². The van der Waals surface area contributed by atoms with Gasteiger partial charge in [0.1, 0.15) is 12.3 Å². The van der Waals surface area contributed by atoms with Crippen LogP contribution in [-0.2, 0) is 22.6 Å². The van der Waals surface area contributed by atoms with Crippen LogP contribution in [-0.4, -0.2) is 41.2 Å². The zero-order valence-corrected chi connectivity index (χ0v) is 20.1. The normalized spacial score (nSPS) is 16.6. The van der Waals surface area contributed by atoms with E-state index < -0.39 is 11.6 Å². The Balaban J connectivity index is 1.24. The van der Waals surface area contributed by atoms with Gasteiger partial charge < -0.3 is 10.2 Å². The smallest absolute Gasteiger partial charge is 0.228 e. The minimum absolute atomic E-state index is 0.0739. The average molecular weight is 491 g/mol. The van der Waals surface area contributed by atoms with Gasteiger partial charge in [-0.2, -0.15) is 0 Å². The van der Waals surface area contributed by atoms with E-state index in [1.807, 2.05) is 24.3 Å². The highest BCUT2D eigenvalue weighted by Crippen LogP contribution is 2.36. The SMILES string of the molecule is CCON=C(c1ccc(F)c(F)c1)c1ccc(CN2CCC(c3cccc4c3CC(=O)N4)CC2)cn1. The number of hydrogen-bond acceptors (Lipinski definition) is 5. The van der Waals surface area contributed by atoms with Crippen LogP contribution in [0.5, 0.6) is 0 Å². The Hall–Kier alpha value is -3.65. The van der Waals surface area contributed by atoms with E-state index in [1.165, 1.54) is 11.6 Å². The molecule has 0 unspecified atom stereocenters. The minimum atomic E-state index is -0.944. The van der Waals surface area contributed by atoms with Crippen LogP contribution in [0.3, 0.4) is 0 Å². The number of likely N-dealkylation sites (tertiary alicyclic amines) is 1. The molecule has 1 aromatic heterocycles. The average Bonchev–Trinajstić information content (AvgIpc) is 3.28. The molecule has 1 N–H and O–H groups in total. The van der Waals surface area contributed by atoms with Crippen molar-refractivity contribution in [2.45, 2.75) is 38.6 Å². The molecule has 6 nitrogen and oxygen atoms in total. The minimum Gasteiger partial charge on any atom is -0.396 e. The molecule has 0 saturated carbocycles.